The molecule has 0 amide bonds. The van der Waals surface area contributed by atoms with Crippen molar-refractivity contribution in [3.05, 3.63) is 35.7 Å². The Morgan fingerprint density at radius 3 is 2.56 bits per heavy atom. The van der Waals surface area contributed by atoms with Gasteiger partial charge < -0.3 is 4.42 Å². The molecule has 7 heteroatoms. The molecule has 0 N–H and O–H groups in total. The second-order valence-electron chi connectivity index (χ2n) is 3.64. The normalized spacial score (nSPS) is 13.6. The molecule has 2 rings (SSSR count). The molecular formula is C11H8ClF3N2O. The summed E-state index contributed by atoms with van der Waals surface area (Å²) < 4.78 is 42.8. The van der Waals surface area contributed by atoms with Gasteiger partial charge in [0.15, 0.2) is 0 Å². The summed E-state index contributed by atoms with van der Waals surface area (Å²) in [4.78, 5) is 0. The molecular weight excluding hydrogens is 269 g/mol. The van der Waals surface area contributed by atoms with E-state index >= 15 is 0 Å². The molecule has 0 fully saturated rings. The van der Waals surface area contributed by atoms with E-state index in [2.05, 4.69) is 10.2 Å². The molecule has 0 saturated heterocycles. The van der Waals surface area contributed by atoms with Crippen LogP contribution in [0.4, 0.5) is 13.2 Å². The molecule has 1 aromatic heterocycles. The van der Waals surface area contributed by atoms with E-state index in [4.69, 9.17) is 16.0 Å². The van der Waals surface area contributed by atoms with E-state index in [1.54, 1.807) is 6.92 Å². The molecule has 1 aromatic carbocycles. The first-order valence-corrected chi connectivity index (χ1v) is 5.46. The summed E-state index contributed by atoms with van der Waals surface area (Å²) in [6.45, 7) is 1.63. The van der Waals surface area contributed by atoms with Gasteiger partial charge in [0.2, 0.25) is 11.8 Å². The van der Waals surface area contributed by atoms with Gasteiger partial charge in [-0.25, -0.2) is 0 Å². The van der Waals surface area contributed by atoms with Crippen molar-refractivity contribution >= 4 is 11.6 Å². The summed E-state index contributed by atoms with van der Waals surface area (Å²) in [5, 5.41) is 6.83. The summed E-state index contributed by atoms with van der Waals surface area (Å²) in [6.07, 6.45) is -4.40. The van der Waals surface area contributed by atoms with E-state index in [1.165, 1.54) is 12.1 Å². The molecule has 0 aliphatic carbocycles. The first-order chi connectivity index (χ1) is 8.38. The topological polar surface area (TPSA) is 38.9 Å². The van der Waals surface area contributed by atoms with Gasteiger partial charge in [0, 0.05) is 5.56 Å². The van der Waals surface area contributed by atoms with Crippen molar-refractivity contribution in [2.45, 2.75) is 18.5 Å². The van der Waals surface area contributed by atoms with E-state index in [0.717, 1.165) is 12.1 Å². The highest BCUT2D eigenvalue weighted by molar-refractivity contribution is 6.20. The number of nitrogens with zero attached hydrogens (tertiary/aromatic N) is 2. The molecule has 1 atom stereocenters. The molecule has 0 aliphatic heterocycles. The van der Waals surface area contributed by atoms with Gasteiger partial charge in [0.1, 0.15) is 5.38 Å². The smallest absolute Gasteiger partial charge is 0.416 e. The Morgan fingerprint density at radius 2 is 2.00 bits per heavy atom. The number of halogens is 4. The summed E-state index contributed by atoms with van der Waals surface area (Å²) in [5.74, 6) is 0.188. The lowest BCUT2D eigenvalue weighted by atomic mass is 10.1. The Labute approximate surface area is 106 Å². The summed E-state index contributed by atoms with van der Waals surface area (Å²) in [6, 6.07) is 4.68. The lowest BCUT2D eigenvalue weighted by Gasteiger charge is -2.06. The Hall–Kier alpha value is -1.56. The number of benzene rings is 1. The minimum absolute atomic E-state index is 0.0172. The molecule has 3 nitrogen and oxygen atoms in total. The molecule has 1 heterocycles. The number of alkyl halides is 4. The number of hydrogen-bond donors (Lipinski definition) is 0. The van der Waals surface area contributed by atoms with Crippen LogP contribution in [0.2, 0.25) is 0 Å². The van der Waals surface area contributed by atoms with Crippen molar-refractivity contribution < 1.29 is 17.6 Å². The van der Waals surface area contributed by atoms with Crippen LogP contribution in [0.15, 0.2) is 28.7 Å². The van der Waals surface area contributed by atoms with Crippen molar-refractivity contribution in [3.63, 3.8) is 0 Å². The van der Waals surface area contributed by atoms with Gasteiger partial charge in [-0.3, -0.25) is 0 Å². The van der Waals surface area contributed by atoms with Gasteiger partial charge >= 0.3 is 6.18 Å². The molecule has 0 spiro atoms. The first-order valence-electron chi connectivity index (χ1n) is 5.03. The maximum atomic E-state index is 12.5. The third kappa shape index (κ3) is 2.64. The molecule has 0 bridgehead atoms. The molecule has 0 aliphatic rings. The fourth-order valence-corrected chi connectivity index (χ4v) is 1.43. The third-order valence-corrected chi connectivity index (χ3v) is 2.40. The first kappa shape index (κ1) is 12.9. The maximum Gasteiger partial charge on any atom is 0.416 e. The average Bonchev–Trinajstić information content (AvgIpc) is 2.77. The predicted octanol–water partition coefficient (Wildman–Crippen LogP) is 4.06. The molecule has 96 valence electrons. The minimum atomic E-state index is -4.40. The number of hydrogen-bond acceptors (Lipinski definition) is 3. The lowest BCUT2D eigenvalue weighted by Crippen LogP contribution is -2.04. The van der Waals surface area contributed by atoms with Crippen LogP contribution >= 0.6 is 11.6 Å². The van der Waals surface area contributed by atoms with Gasteiger partial charge in [-0.2, -0.15) is 13.2 Å². The van der Waals surface area contributed by atoms with Crippen LogP contribution in [-0.2, 0) is 6.18 Å². The highest BCUT2D eigenvalue weighted by Gasteiger charge is 2.30. The van der Waals surface area contributed by atoms with Crippen molar-refractivity contribution in [3.8, 4) is 11.5 Å². The maximum absolute atomic E-state index is 12.5. The molecule has 18 heavy (non-hydrogen) atoms. The van der Waals surface area contributed by atoms with Crippen molar-refractivity contribution in [1.82, 2.24) is 10.2 Å². The summed E-state index contributed by atoms with van der Waals surface area (Å²) >= 11 is 5.73. The van der Waals surface area contributed by atoms with Gasteiger partial charge in [-0.15, -0.1) is 21.8 Å². The van der Waals surface area contributed by atoms with Crippen LogP contribution < -0.4 is 0 Å². The van der Waals surface area contributed by atoms with E-state index in [1.807, 2.05) is 0 Å². The Kier molecular flexibility index (Phi) is 3.30. The molecule has 0 saturated carbocycles. The fraction of sp³-hybridized carbons (Fsp3) is 0.273. The lowest BCUT2D eigenvalue weighted by molar-refractivity contribution is -0.137. The second kappa shape index (κ2) is 4.61. The zero-order valence-corrected chi connectivity index (χ0v) is 9.96. The van der Waals surface area contributed by atoms with Gasteiger partial charge in [-0.05, 0) is 25.1 Å². The fourth-order valence-electron chi connectivity index (χ4n) is 1.34. The Balaban J connectivity index is 2.38. The van der Waals surface area contributed by atoms with Crippen molar-refractivity contribution in [2.75, 3.05) is 0 Å². The monoisotopic (exact) mass is 276 g/mol. The van der Waals surface area contributed by atoms with Crippen LogP contribution in [0, 0.1) is 0 Å². The van der Waals surface area contributed by atoms with E-state index < -0.39 is 17.1 Å². The van der Waals surface area contributed by atoms with Gasteiger partial charge in [0.05, 0.1) is 5.56 Å². The quantitative estimate of drug-likeness (QED) is 0.777. The zero-order chi connectivity index (χ0) is 13.3. The van der Waals surface area contributed by atoms with Crippen LogP contribution in [0.25, 0.3) is 11.5 Å². The third-order valence-electron chi connectivity index (χ3n) is 2.22. The number of aromatic nitrogens is 2. The second-order valence-corrected chi connectivity index (χ2v) is 4.29. The highest BCUT2D eigenvalue weighted by atomic mass is 35.5. The molecule has 0 radical (unpaired) electrons. The average molecular weight is 277 g/mol. The Morgan fingerprint density at radius 1 is 1.28 bits per heavy atom. The highest BCUT2D eigenvalue weighted by Crippen LogP contribution is 2.32. The largest absolute Gasteiger partial charge is 0.419 e. The summed E-state index contributed by atoms with van der Waals surface area (Å²) in [7, 11) is 0. The van der Waals surface area contributed by atoms with Crippen LogP contribution in [0.5, 0.6) is 0 Å². The Bertz CT molecular complexity index is 551. The van der Waals surface area contributed by atoms with E-state index in [-0.39, 0.29) is 17.3 Å². The van der Waals surface area contributed by atoms with E-state index in [0.29, 0.717) is 0 Å². The minimum Gasteiger partial charge on any atom is -0.419 e. The van der Waals surface area contributed by atoms with Crippen molar-refractivity contribution in [1.29, 1.82) is 0 Å². The van der Waals surface area contributed by atoms with Gasteiger partial charge in [0.25, 0.3) is 0 Å². The summed E-state index contributed by atoms with van der Waals surface area (Å²) in [5.41, 5.74) is -0.556. The van der Waals surface area contributed by atoms with Gasteiger partial charge in [-0.1, -0.05) is 6.07 Å². The van der Waals surface area contributed by atoms with Crippen molar-refractivity contribution in [2.24, 2.45) is 0 Å². The predicted molar refractivity (Wildman–Crippen MR) is 59.0 cm³/mol. The van der Waals surface area contributed by atoms with E-state index in [9.17, 15) is 13.2 Å². The van der Waals surface area contributed by atoms with Crippen LogP contribution in [-0.4, -0.2) is 10.2 Å². The molecule has 2 aromatic rings. The van der Waals surface area contributed by atoms with Crippen LogP contribution in [0.1, 0.15) is 23.8 Å². The number of rotatable bonds is 2. The SMILES string of the molecule is CC(Cl)c1nnc(-c2cccc(C(F)(F)F)c2)o1. The zero-order valence-electron chi connectivity index (χ0n) is 9.20. The standard InChI is InChI=1S/C11H8ClF3N2O/c1-6(12)9-16-17-10(18-9)7-3-2-4-8(5-7)11(13,14)15/h2-6H,1H3. The van der Waals surface area contributed by atoms with Crippen LogP contribution in [0.3, 0.4) is 0 Å². The molecule has 1 unspecified atom stereocenters.